The van der Waals surface area contributed by atoms with Gasteiger partial charge in [0.05, 0.1) is 0 Å². The standard InChI is InChI=1S/C27H24BrNO2/c28-21-10-6-11-22(18-21)29-27(25(30)31)15-13-26(14-16-27)23-12-5-4-9-20(23)17-24(26)19-7-2-1-3-8-19/h1-12,17-18,29H,13-16H2,(H,30,31). The van der Waals surface area contributed by atoms with Gasteiger partial charge in [0.15, 0.2) is 0 Å². The first-order valence-corrected chi connectivity index (χ1v) is 11.5. The Balaban J connectivity index is 1.51. The van der Waals surface area contributed by atoms with Crippen LogP contribution in [0.15, 0.2) is 83.3 Å². The maximum atomic E-state index is 12.5. The minimum Gasteiger partial charge on any atom is -0.480 e. The zero-order chi connectivity index (χ0) is 21.5. The van der Waals surface area contributed by atoms with Crippen LogP contribution in [0.5, 0.6) is 0 Å². The Hall–Kier alpha value is -2.85. The number of carbonyl (C=O) groups is 1. The first-order chi connectivity index (χ1) is 15.0. The predicted molar refractivity (Wildman–Crippen MR) is 129 cm³/mol. The summed E-state index contributed by atoms with van der Waals surface area (Å²) in [7, 11) is 0. The van der Waals surface area contributed by atoms with Crippen molar-refractivity contribution in [2.75, 3.05) is 5.32 Å². The number of nitrogens with one attached hydrogen (secondary N) is 1. The fourth-order valence-electron chi connectivity index (χ4n) is 5.35. The van der Waals surface area contributed by atoms with Crippen LogP contribution in [0.4, 0.5) is 5.69 Å². The highest BCUT2D eigenvalue weighted by Crippen LogP contribution is 2.56. The molecule has 3 aromatic rings. The Morgan fingerprint density at radius 2 is 1.58 bits per heavy atom. The SMILES string of the molecule is O=C(O)C1(Nc2cccc(Br)c2)CCC2(CC1)C(c1ccccc1)=Cc1ccccc12. The Morgan fingerprint density at radius 1 is 0.871 bits per heavy atom. The highest BCUT2D eigenvalue weighted by Gasteiger charge is 2.51. The second-order valence-corrected chi connectivity index (χ2v) is 9.53. The largest absolute Gasteiger partial charge is 0.480 e. The first-order valence-electron chi connectivity index (χ1n) is 10.7. The number of hydrogen-bond acceptors (Lipinski definition) is 2. The fraction of sp³-hybridized carbons (Fsp3) is 0.222. The molecule has 0 aromatic heterocycles. The number of aliphatic carboxylic acids is 1. The summed E-state index contributed by atoms with van der Waals surface area (Å²) in [6.07, 6.45) is 5.01. The Labute approximate surface area is 191 Å². The Kier molecular flexibility index (Phi) is 4.98. The van der Waals surface area contributed by atoms with Gasteiger partial charge in [0.25, 0.3) is 0 Å². The summed E-state index contributed by atoms with van der Waals surface area (Å²) < 4.78 is 0.935. The highest BCUT2D eigenvalue weighted by molar-refractivity contribution is 9.10. The van der Waals surface area contributed by atoms with Crippen LogP contribution in [-0.2, 0) is 10.2 Å². The summed E-state index contributed by atoms with van der Waals surface area (Å²) in [6, 6.07) is 26.8. The van der Waals surface area contributed by atoms with Crippen LogP contribution in [0.1, 0.15) is 42.4 Å². The van der Waals surface area contributed by atoms with Crippen molar-refractivity contribution in [2.45, 2.75) is 36.6 Å². The first kappa shape index (κ1) is 20.1. The molecule has 156 valence electrons. The number of halogens is 1. The summed E-state index contributed by atoms with van der Waals surface area (Å²) in [5.74, 6) is -0.779. The van der Waals surface area contributed by atoms with Crippen LogP contribution in [-0.4, -0.2) is 16.6 Å². The van der Waals surface area contributed by atoms with E-state index in [1.807, 2.05) is 30.3 Å². The van der Waals surface area contributed by atoms with Crippen molar-refractivity contribution in [3.05, 3.63) is 100 Å². The van der Waals surface area contributed by atoms with E-state index >= 15 is 0 Å². The molecule has 1 saturated carbocycles. The van der Waals surface area contributed by atoms with Gasteiger partial charge in [-0.1, -0.05) is 76.6 Å². The van der Waals surface area contributed by atoms with Crippen molar-refractivity contribution in [1.82, 2.24) is 0 Å². The quantitative estimate of drug-likeness (QED) is 0.440. The van der Waals surface area contributed by atoms with Crippen LogP contribution in [0.3, 0.4) is 0 Å². The van der Waals surface area contributed by atoms with Crippen LogP contribution < -0.4 is 5.32 Å². The van der Waals surface area contributed by atoms with E-state index in [2.05, 4.69) is 75.9 Å². The molecule has 31 heavy (non-hydrogen) atoms. The molecule has 3 aromatic carbocycles. The minimum atomic E-state index is -0.967. The second-order valence-electron chi connectivity index (χ2n) is 8.62. The molecule has 2 N–H and O–H groups in total. The molecule has 2 aliphatic carbocycles. The lowest BCUT2D eigenvalue weighted by molar-refractivity contribution is -0.143. The summed E-state index contributed by atoms with van der Waals surface area (Å²) in [5, 5.41) is 13.6. The molecule has 0 bridgehead atoms. The molecule has 0 heterocycles. The van der Waals surface area contributed by atoms with E-state index in [9.17, 15) is 9.90 Å². The highest BCUT2D eigenvalue weighted by atomic mass is 79.9. The van der Waals surface area contributed by atoms with Gasteiger partial charge in [0, 0.05) is 15.6 Å². The number of benzene rings is 3. The maximum Gasteiger partial charge on any atom is 0.329 e. The number of fused-ring (bicyclic) bond motifs is 2. The number of rotatable bonds is 4. The van der Waals surface area contributed by atoms with Gasteiger partial charge in [-0.05, 0) is 72.2 Å². The second kappa shape index (κ2) is 7.69. The van der Waals surface area contributed by atoms with E-state index in [0.717, 1.165) is 23.0 Å². The van der Waals surface area contributed by atoms with E-state index in [0.29, 0.717) is 12.8 Å². The molecule has 5 rings (SSSR count). The number of anilines is 1. The number of hydrogen-bond donors (Lipinski definition) is 2. The van der Waals surface area contributed by atoms with Gasteiger partial charge < -0.3 is 10.4 Å². The third kappa shape index (κ3) is 3.39. The van der Waals surface area contributed by atoms with Gasteiger partial charge in [0.2, 0.25) is 0 Å². The van der Waals surface area contributed by atoms with Crippen molar-refractivity contribution in [2.24, 2.45) is 0 Å². The average molecular weight is 474 g/mol. The fourth-order valence-corrected chi connectivity index (χ4v) is 5.75. The van der Waals surface area contributed by atoms with Gasteiger partial charge >= 0.3 is 5.97 Å². The zero-order valence-electron chi connectivity index (χ0n) is 17.1. The van der Waals surface area contributed by atoms with E-state index in [4.69, 9.17) is 0 Å². The Morgan fingerprint density at radius 3 is 2.29 bits per heavy atom. The van der Waals surface area contributed by atoms with Crippen LogP contribution in [0.25, 0.3) is 11.6 Å². The molecule has 2 aliphatic rings. The van der Waals surface area contributed by atoms with Crippen LogP contribution >= 0.6 is 15.9 Å². The van der Waals surface area contributed by atoms with Crippen molar-refractivity contribution >= 4 is 39.2 Å². The summed E-state index contributed by atoms with van der Waals surface area (Å²) in [6.45, 7) is 0. The van der Waals surface area contributed by atoms with Crippen molar-refractivity contribution in [3.63, 3.8) is 0 Å². The summed E-state index contributed by atoms with van der Waals surface area (Å²) >= 11 is 3.49. The van der Waals surface area contributed by atoms with Crippen molar-refractivity contribution in [1.29, 1.82) is 0 Å². The van der Waals surface area contributed by atoms with E-state index in [1.165, 1.54) is 22.3 Å². The molecule has 0 aliphatic heterocycles. The molecule has 4 heteroatoms. The maximum absolute atomic E-state index is 12.5. The third-order valence-electron chi connectivity index (χ3n) is 6.95. The minimum absolute atomic E-state index is 0.143. The molecule has 0 saturated heterocycles. The lowest BCUT2D eigenvalue weighted by Gasteiger charge is -2.45. The molecule has 0 unspecified atom stereocenters. The van der Waals surface area contributed by atoms with Crippen molar-refractivity contribution < 1.29 is 9.90 Å². The number of carboxylic acid groups (broad SMARTS) is 1. The molecule has 0 radical (unpaired) electrons. The molecule has 0 atom stereocenters. The predicted octanol–water partition coefficient (Wildman–Crippen LogP) is 6.75. The molecule has 3 nitrogen and oxygen atoms in total. The topological polar surface area (TPSA) is 49.3 Å². The molecular formula is C27H24BrNO2. The number of carboxylic acids is 1. The van der Waals surface area contributed by atoms with Gasteiger partial charge in [-0.2, -0.15) is 0 Å². The Bertz CT molecular complexity index is 1160. The van der Waals surface area contributed by atoms with E-state index in [-0.39, 0.29) is 5.41 Å². The van der Waals surface area contributed by atoms with E-state index in [1.54, 1.807) is 0 Å². The monoisotopic (exact) mass is 473 g/mol. The lowest BCUT2D eigenvalue weighted by atomic mass is 9.61. The van der Waals surface area contributed by atoms with Crippen LogP contribution in [0.2, 0.25) is 0 Å². The average Bonchev–Trinajstić information content (AvgIpc) is 3.10. The third-order valence-corrected chi connectivity index (χ3v) is 7.44. The molecule has 1 spiro atoms. The van der Waals surface area contributed by atoms with Crippen molar-refractivity contribution in [3.8, 4) is 0 Å². The molecule has 1 fully saturated rings. The summed E-state index contributed by atoms with van der Waals surface area (Å²) in [4.78, 5) is 12.5. The normalized spacial score (nSPS) is 24.5. The molecular weight excluding hydrogens is 450 g/mol. The number of allylic oxidation sites excluding steroid dienone is 1. The smallest absolute Gasteiger partial charge is 0.329 e. The van der Waals surface area contributed by atoms with Gasteiger partial charge in [-0.15, -0.1) is 0 Å². The lowest BCUT2D eigenvalue weighted by Crippen LogP contribution is -2.52. The molecule has 0 amide bonds. The van der Waals surface area contributed by atoms with E-state index < -0.39 is 11.5 Å². The zero-order valence-corrected chi connectivity index (χ0v) is 18.7. The van der Waals surface area contributed by atoms with Gasteiger partial charge in [-0.25, -0.2) is 4.79 Å². The van der Waals surface area contributed by atoms with Gasteiger partial charge in [0.1, 0.15) is 5.54 Å². The summed E-state index contributed by atoms with van der Waals surface area (Å²) in [5.41, 5.74) is 4.84. The van der Waals surface area contributed by atoms with Crippen LogP contribution in [0, 0.1) is 0 Å². The van der Waals surface area contributed by atoms with Gasteiger partial charge in [-0.3, -0.25) is 0 Å².